The van der Waals surface area contributed by atoms with Gasteiger partial charge in [0.25, 0.3) is 10.0 Å². The van der Waals surface area contributed by atoms with E-state index in [1.807, 2.05) is 0 Å². The lowest BCUT2D eigenvalue weighted by atomic mass is 10.2. The number of hydrogen-bond donors (Lipinski definition) is 2. The van der Waals surface area contributed by atoms with Crippen LogP contribution < -0.4 is 0 Å². The summed E-state index contributed by atoms with van der Waals surface area (Å²) < 4.78 is 31.1. The molecule has 1 aromatic carbocycles. The summed E-state index contributed by atoms with van der Waals surface area (Å²) in [5, 5.41) is 9.60. The number of carboxylic acid groups (broad SMARTS) is 1. The highest BCUT2D eigenvalue weighted by molar-refractivity contribution is 7.89. The minimum absolute atomic E-state index is 0.225. The monoisotopic (exact) mass is 393 g/mol. The predicted octanol–water partition coefficient (Wildman–Crippen LogP) is 1.73. The molecule has 2 aromatic rings. The number of nitrogens with zero attached hydrogens (tertiary/aromatic N) is 2. The van der Waals surface area contributed by atoms with E-state index in [4.69, 9.17) is 4.74 Å². The number of aromatic amines is 1. The van der Waals surface area contributed by atoms with Crippen molar-refractivity contribution in [2.75, 3.05) is 6.61 Å². The Labute approximate surface area is 156 Å². The molecule has 1 heterocycles. The number of aryl methyl sites for hydroxylation is 1. The van der Waals surface area contributed by atoms with Gasteiger partial charge < -0.3 is 14.8 Å². The number of amides is 1. The maximum atomic E-state index is 13.0. The molecule has 0 saturated carbocycles. The number of benzene rings is 1. The van der Waals surface area contributed by atoms with Crippen molar-refractivity contribution in [1.29, 1.82) is 0 Å². The fraction of sp³-hybridized carbons (Fsp3) is 0.235. The van der Waals surface area contributed by atoms with E-state index in [1.54, 1.807) is 19.1 Å². The van der Waals surface area contributed by atoms with Gasteiger partial charge in [0.05, 0.1) is 16.9 Å². The Balaban J connectivity index is 2.50. The number of carboxylic acids is 1. The molecular formula is C17H19N3O6S. The predicted molar refractivity (Wildman–Crippen MR) is 95.5 cm³/mol. The highest BCUT2D eigenvalue weighted by Crippen LogP contribution is 2.22. The topological polar surface area (TPSA) is 130 Å². The molecule has 9 nitrogen and oxygen atoms in total. The van der Waals surface area contributed by atoms with Gasteiger partial charge in [-0.1, -0.05) is 30.4 Å². The number of H-pyrrole nitrogens is 1. The van der Waals surface area contributed by atoms with Gasteiger partial charge in [-0.05, 0) is 19.1 Å². The third kappa shape index (κ3) is 4.73. The Morgan fingerprint density at radius 1 is 1.37 bits per heavy atom. The van der Waals surface area contributed by atoms with Crippen LogP contribution in [0.1, 0.15) is 11.3 Å². The van der Waals surface area contributed by atoms with Crippen molar-refractivity contribution in [1.82, 2.24) is 14.3 Å². The highest BCUT2D eigenvalue weighted by atomic mass is 32.2. The van der Waals surface area contributed by atoms with Crippen LogP contribution in [0.4, 0.5) is 4.79 Å². The number of ether oxygens (including phenoxy) is 1. The Bertz CT molecular complexity index is 907. The lowest BCUT2D eigenvalue weighted by Crippen LogP contribution is -2.50. The van der Waals surface area contributed by atoms with Crippen molar-refractivity contribution < 1.29 is 27.9 Å². The summed E-state index contributed by atoms with van der Waals surface area (Å²) >= 11 is 0. The van der Waals surface area contributed by atoms with Crippen LogP contribution in [0.25, 0.3) is 0 Å². The first-order valence-electron chi connectivity index (χ1n) is 7.86. The molecule has 1 aromatic heterocycles. The van der Waals surface area contributed by atoms with Crippen LogP contribution in [0.3, 0.4) is 0 Å². The maximum absolute atomic E-state index is 13.0. The van der Waals surface area contributed by atoms with Gasteiger partial charge in [0.2, 0.25) is 0 Å². The number of sulfonamides is 1. The molecule has 0 saturated heterocycles. The van der Waals surface area contributed by atoms with E-state index in [1.165, 1.54) is 30.7 Å². The molecule has 10 heteroatoms. The first-order chi connectivity index (χ1) is 12.8. The maximum Gasteiger partial charge on any atom is 0.424 e. The largest absolute Gasteiger partial charge is 0.480 e. The van der Waals surface area contributed by atoms with E-state index in [9.17, 15) is 23.1 Å². The van der Waals surface area contributed by atoms with E-state index >= 15 is 0 Å². The number of imidazole rings is 1. The first-order valence-corrected chi connectivity index (χ1v) is 9.30. The van der Waals surface area contributed by atoms with Crippen LogP contribution in [0.15, 0.2) is 54.3 Å². The molecule has 0 aliphatic heterocycles. The summed E-state index contributed by atoms with van der Waals surface area (Å²) in [4.78, 5) is 30.6. The zero-order chi connectivity index (χ0) is 20.0. The Hall–Kier alpha value is -3.14. The van der Waals surface area contributed by atoms with Gasteiger partial charge in [0.15, 0.2) is 6.04 Å². The van der Waals surface area contributed by atoms with Gasteiger partial charge in [-0.25, -0.2) is 23.0 Å². The second-order valence-electron chi connectivity index (χ2n) is 5.60. The third-order valence-corrected chi connectivity index (χ3v) is 5.40. The summed E-state index contributed by atoms with van der Waals surface area (Å²) in [6.07, 6.45) is 2.36. The summed E-state index contributed by atoms with van der Waals surface area (Å²) in [5.41, 5.74) is 1.09. The molecule has 0 spiro atoms. The van der Waals surface area contributed by atoms with Gasteiger partial charge in [-0.3, -0.25) is 0 Å². The van der Waals surface area contributed by atoms with Gasteiger partial charge in [0, 0.05) is 12.6 Å². The first kappa shape index (κ1) is 20.2. The van der Waals surface area contributed by atoms with Crippen LogP contribution in [-0.4, -0.2) is 52.5 Å². The van der Waals surface area contributed by atoms with Crippen molar-refractivity contribution in [3.8, 4) is 0 Å². The molecule has 1 amide bonds. The van der Waals surface area contributed by atoms with Crippen LogP contribution in [0.5, 0.6) is 0 Å². The number of rotatable bonds is 8. The molecule has 0 bridgehead atoms. The minimum Gasteiger partial charge on any atom is -0.480 e. The molecule has 0 fully saturated rings. The lowest BCUT2D eigenvalue weighted by molar-refractivity contribution is -0.141. The molecule has 0 aliphatic rings. The number of carbonyl (C=O) groups is 2. The molecule has 1 atom stereocenters. The molecule has 0 aliphatic carbocycles. The Morgan fingerprint density at radius 3 is 2.56 bits per heavy atom. The fourth-order valence-electron chi connectivity index (χ4n) is 2.28. The number of hydrogen-bond acceptors (Lipinski definition) is 6. The van der Waals surface area contributed by atoms with E-state index in [2.05, 4.69) is 16.5 Å². The molecule has 0 unspecified atom stereocenters. The molecular weight excluding hydrogens is 374 g/mol. The highest BCUT2D eigenvalue weighted by Gasteiger charge is 2.41. The average molecular weight is 393 g/mol. The van der Waals surface area contributed by atoms with E-state index < -0.39 is 28.1 Å². The van der Waals surface area contributed by atoms with Crippen molar-refractivity contribution in [2.45, 2.75) is 24.3 Å². The summed E-state index contributed by atoms with van der Waals surface area (Å²) in [6.45, 7) is 4.88. The summed E-state index contributed by atoms with van der Waals surface area (Å²) in [6, 6.07) is 3.95. The Kier molecular flexibility index (Phi) is 6.35. The van der Waals surface area contributed by atoms with Crippen molar-refractivity contribution in [3.05, 3.63) is 60.7 Å². The average Bonchev–Trinajstić information content (AvgIpc) is 3.12. The van der Waals surface area contributed by atoms with Gasteiger partial charge in [0.1, 0.15) is 6.61 Å². The summed E-state index contributed by atoms with van der Waals surface area (Å²) in [7, 11) is -4.49. The van der Waals surface area contributed by atoms with Crippen LogP contribution >= 0.6 is 0 Å². The van der Waals surface area contributed by atoms with Crippen molar-refractivity contribution >= 4 is 22.1 Å². The minimum atomic E-state index is -4.49. The van der Waals surface area contributed by atoms with Crippen LogP contribution in [0.2, 0.25) is 0 Å². The van der Waals surface area contributed by atoms with E-state index in [-0.39, 0.29) is 27.9 Å². The second kappa shape index (κ2) is 8.49. The lowest BCUT2D eigenvalue weighted by Gasteiger charge is -2.27. The standard InChI is InChI=1S/C17H19N3O6S/c1-3-8-26-17(23)20(15(16(21)22)9-13-10-18-11-19-13)27(24,25)14-6-4-12(2)5-7-14/h3-7,10-11,15H,1,8-9H2,2H3,(H,18,19)(H,21,22)/t15-/m0/s1. The number of nitrogens with one attached hydrogen (secondary N) is 1. The smallest absolute Gasteiger partial charge is 0.424 e. The van der Waals surface area contributed by atoms with Crippen LogP contribution in [0, 0.1) is 6.92 Å². The number of aliphatic carboxylic acids is 1. The van der Waals surface area contributed by atoms with E-state index in [0.717, 1.165) is 5.56 Å². The van der Waals surface area contributed by atoms with Crippen molar-refractivity contribution in [3.63, 3.8) is 0 Å². The van der Waals surface area contributed by atoms with Crippen molar-refractivity contribution in [2.24, 2.45) is 0 Å². The number of aromatic nitrogens is 2. The Morgan fingerprint density at radius 2 is 2.04 bits per heavy atom. The van der Waals surface area contributed by atoms with Gasteiger partial charge in [-0.15, -0.1) is 0 Å². The molecule has 144 valence electrons. The SMILES string of the molecule is C=CCOC(=O)N([C@@H](Cc1c[nH]cn1)C(=O)O)S(=O)(=O)c1ccc(C)cc1. The summed E-state index contributed by atoms with van der Waals surface area (Å²) in [5.74, 6) is -1.51. The third-order valence-electron chi connectivity index (χ3n) is 3.61. The van der Waals surface area contributed by atoms with E-state index in [0.29, 0.717) is 0 Å². The van der Waals surface area contributed by atoms with Crippen LogP contribution in [-0.2, 0) is 26.0 Å². The normalized spacial score (nSPS) is 12.2. The zero-order valence-corrected chi connectivity index (χ0v) is 15.3. The number of carbonyl (C=O) groups excluding carboxylic acids is 1. The van der Waals surface area contributed by atoms with Gasteiger partial charge in [-0.2, -0.15) is 4.31 Å². The molecule has 27 heavy (non-hydrogen) atoms. The zero-order valence-electron chi connectivity index (χ0n) is 14.5. The fourth-order valence-corrected chi connectivity index (χ4v) is 3.74. The quantitative estimate of drug-likeness (QED) is 0.653. The van der Waals surface area contributed by atoms with Gasteiger partial charge >= 0.3 is 12.1 Å². The molecule has 2 rings (SSSR count). The second-order valence-corrected chi connectivity index (χ2v) is 7.41. The molecule has 0 radical (unpaired) electrons. The molecule has 2 N–H and O–H groups in total.